The highest BCUT2D eigenvalue weighted by Gasteiger charge is 2.11. The molecule has 2 aromatic carbocycles. The van der Waals surface area contributed by atoms with E-state index in [1.54, 1.807) is 18.3 Å². The first-order valence-corrected chi connectivity index (χ1v) is 7.98. The van der Waals surface area contributed by atoms with Crippen LogP contribution in [0.1, 0.15) is 10.4 Å². The van der Waals surface area contributed by atoms with Crippen LogP contribution in [0.15, 0.2) is 54.7 Å². The molecule has 3 rings (SSSR count). The van der Waals surface area contributed by atoms with Crippen LogP contribution in [0, 0.1) is 0 Å². The molecule has 3 aromatic rings. The third-order valence-corrected chi connectivity index (χ3v) is 4.67. The second-order valence-corrected chi connectivity index (χ2v) is 6.32. The van der Waals surface area contributed by atoms with Crippen LogP contribution in [0.3, 0.4) is 0 Å². The molecule has 1 heterocycles. The average molecular weight is 349 g/mol. The number of carbonyl (C=O) groups excluding carboxylic acids is 1. The number of thiazole rings is 1. The predicted molar refractivity (Wildman–Crippen MR) is 92.0 cm³/mol. The fourth-order valence-electron chi connectivity index (χ4n) is 1.87. The number of nitrogens with zero attached hydrogens (tertiary/aromatic N) is 1. The van der Waals surface area contributed by atoms with Crippen molar-refractivity contribution in [3.8, 4) is 10.4 Å². The van der Waals surface area contributed by atoms with Crippen LogP contribution in [-0.2, 0) is 0 Å². The quantitative estimate of drug-likeness (QED) is 0.691. The molecule has 0 aliphatic carbocycles. The Morgan fingerprint density at radius 1 is 1.05 bits per heavy atom. The molecule has 0 spiro atoms. The van der Waals surface area contributed by atoms with Crippen molar-refractivity contribution in [3.05, 3.63) is 70.3 Å². The van der Waals surface area contributed by atoms with Gasteiger partial charge in [-0.15, -0.1) is 0 Å². The molecule has 0 bridgehead atoms. The van der Waals surface area contributed by atoms with E-state index in [2.05, 4.69) is 10.3 Å². The normalized spacial score (nSPS) is 10.5. The van der Waals surface area contributed by atoms with Crippen molar-refractivity contribution in [2.45, 2.75) is 0 Å². The topological polar surface area (TPSA) is 42.0 Å². The SMILES string of the molecule is O=C(Nc1ncc(-c2ccccc2)s1)c1ccc(Cl)c(Cl)c1. The number of amides is 1. The van der Waals surface area contributed by atoms with E-state index in [0.29, 0.717) is 20.7 Å². The van der Waals surface area contributed by atoms with Gasteiger partial charge in [-0.1, -0.05) is 64.9 Å². The number of anilines is 1. The van der Waals surface area contributed by atoms with E-state index in [-0.39, 0.29) is 5.91 Å². The van der Waals surface area contributed by atoms with Crippen molar-refractivity contribution in [3.63, 3.8) is 0 Å². The Labute approximate surface area is 141 Å². The second-order valence-electron chi connectivity index (χ2n) is 4.48. The number of hydrogen-bond acceptors (Lipinski definition) is 3. The van der Waals surface area contributed by atoms with Gasteiger partial charge in [-0.25, -0.2) is 4.98 Å². The predicted octanol–water partition coefficient (Wildman–Crippen LogP) is 5.37. The van der Waals surface area contributed by atoms with Crippen LogP contribution < -0.4 is 5.32 Å². The summed E-state index contributed by atoms with van der Waals surface area (Å²) in [6.45, 7) is 0. The van der Waals surface area contributed by atoms with Gasteiger partial charge in [0.2, 0.25) is 0 Å². The highest BCUT2D eigenvalue weighted by atomic mass is 35.5. The third-order valence-electron chi connectivity index (χ3n) is 2.97. The van der Waals surface area contributed by atoms with Crippen LogP contribution in [-0.4, -0.2) is 10.9 Å². The maximum absolute atomic E-state index is 12.2. The molecule has 0 fully saturated rings. The van der Waals surface area contributed by atoms with E-state index in [0.717, 1.165) is 10.4 Å². The lowest BCUT2D eigenvalue weighted by Gasteiger charge is -2.03. The Balaban J connectivity index is 1.77. The highest BCUT2D eigenvalue weighted by Crippen LogP contribution is 2.29. The molecule has 1 aromatic heterocycles. The van der Waals surface area contributed by atoms with Gasteiger partial charge >= 0.3 is 0 Å². The molecule has 22 heavy (non-hydrogen) atoms. The minimum atomic E-state index is -0.271. The zero-order valence-electron chi connectivity index (χ0n) is 11.2. The molecule has 0 aliphatic rings. The molecule has 0 aliphatic heterocycles. The first-order chi connectivity index (χ1) is 10.6. The monoisotopic (exact) mass is 348 g/mol. The number of aromatic nitrogens is 1. The molecular weight excluding hydrogens is 339 g/mol. The Morgan fingerprint density at radius 2 is 1.82 bits per heavy atom. The van der Waals surface area contributed by atoms with Crippen LogP contribution in [0.25, 0.3) is 10.4 Å². The summed E-state index contributed by atoms with van der Waals surface area (Å²) in [5.41, 5.74) is 1.50. The Morgan fingerprint density at radius 3 is 2.55 bits per heavy atom. The fraction of sp³-hybridized carbons (Fsp3) is 0. The lowest BCUT2D eigenvalue weighted by Crippen LogP contribution is -2.11. The maximum atomic E-state index is 12.2. The number of nitrogens with one attached hydrogen (secondary N) is 1. The van der Waals surface area contributed by atoms with Crippen molar-refractivity contribution in [1.29, 1.82) is 0 Å². The summed E-state index contributed by atoms with van der Waals surface area (Å²) in [4.78, 5) is 17.4. The van der Waals surface area contributed by atoms with E-state index < -0.39 is 0 Å². The van der Waals surface area contributed by atoms with Gasteiger partial charge in [0.15, 0.2) is 5.13 Å². The van der Waals surface area contributed by atoms with Crippen molar-refractivity contribution >= 4 is 45.6 Å². The summed E-state index contributed by atoms with van der Waals surface area (Å²) in [6.07, 6.45) is 1.74. The Kier molecular flexibility index (Phi) is 4.43. The molecule has 3 nitrogen and oxygen atoms in total. The largest absolute Gasteiger partial charge is 0.298 e. The van der Waals surface area contributed by atoms with Gasteiger partial charge in [-0.05, 0) is 23.8 Å². The zero-order chi connectivity index (χ0) is 15.5. The van der Waals surface area contributed by atoms with Gasteiger partial charge < -0.3 is 0 Å². The van der Waals surface area contributed by atoms with Crippen LogP contribution in [0.2, 0.25) is 10.0 Å². The maximum Gasteiger partial charge on any atom is 0.257 e. The van der Waals surface area contributed by atoms with Gasteiger partial charge in [-0.2, -0.15) is 0 Å². The van der Waals surface area contributed by atoms with Gasteiger partial charge in [0.25, 0.3) is 5.91 Å². The lowest BCUT2D eigenvalue weighted by molar-refractivity contribution is 0.102. The minimum absolute atomic E-state index is 0.271. The van der Waals surface area contributed by atoms with Crippen molar-refractivity contribution in [1.82, 2.24) is 4.98 Å². The number of rotatable bonds is 3. The van der Waals surface area contributed by atoms with Crippen LogP contribution in [0.5, 0.6) is 0 Å². The van der Waals surface area contributed by atoms with Gasteiger partial charge in [0, 0.05) is 11.8 Å². The minimum Gasteiger partial charge on any atom is -0.298 e. The van der Waals surface area contributed by atoms with Crippen molar-refractivity contribution in [2.24, 2.45) is 0 Å². The summed E-state index contributed by atoms with van der Waals surface area (Å²) in [7, 11) is 0. The molecule has 0 unspecified atom stereocenters. The van der Waals surface area contributed by atoms with E-state index in [4.69, 9.17) is 23.2 Å². The highest BCUT2D eigenvalue weighted by molar-refractivity contribution is 7.19. The van der Waals surface area contributed by atoms with E-state index in [1.165, 1.54) is 17.4 Å². The lowest BCUT2D eigenvalue weighted by atomic mass is 10.2. The summed E-state index contributed by atoms with van der Waals surface area (Å²) < 4.78 is 0. The van der Waals surface area contributed by atoms with Crippen LogP contribution in [0.4, 0.5) is 5.13 Å². The first kappa shape index (κ1) is 15.0. The zero-order valence-corrected chi connectivity index (χ0v) is 13.5. The molecule has 0 saturated carbocycles. The molecular formula is C16H10Cl2N2OS. The van der Waals surface area contributed by atoms with Gasteiger partial charge in [0.1, 0.15) is 0 Å². The number of halogens is 2. The molecule has 110 valence electrons. The van der Waals surface area contributed by atoms with E-state index >= 15 is 0 Å². The smallest absolute Gasteiger partial charge is 0.257 e. The first-order valence-electron chi connectivity index (χ1n) is 6.41. The molecule has 1 N–H and O–H groups in total. The molecule has 0 radical (unpaired) electrons. The molecule has 0 atom stereocenters. The van der Waals surface area contributed by atoms with Crippen molar-refractivity contribution in [2.75, 3.05) is 5.32 Å². The fourth-order valence-corrected chi connectivity index (χ4v) is 2.99. The van der Waals surface area contributed by atoms with E-state index in [9.17, 15) is 4.79 Å². The van der Waals surface area contributed by atoms with Gasteiger partial charge in [0.05, 0.1) is 14.9 Å². The molecule has 1 amide bonds. The van der Waals surface area contributed by atoms with E-state index in [1.807, 2.05) is 30.3 Å². The van der Waals surface area contributed by atoms with Gasteiger partial charge in [-0.3, -0.25) is 10.1 Å². The Hall–Kier alpha value is -1.88. The Bertz CT molecular complexity index is 818. The summed E-state index contributed by atoms with van der Waals surface area (Å²) in [5.74, 6) is -0.271. The summed E-state index contributed by atoms with van der Waals surface area (Å²) in [5, 5.41) is 4.06. The number of benzene rings is 2. The third kappa shape index (κ3) is 3.30. The number of carbonyl (C=O) groups is 1. The molecule has 6 heteroatoms. The average Bonchev–Trinajstić information content (AvgIpc) is 2.99. The van der Waals surface area contributed by atoms with Crippen LogP contribution >= 0.6 is 34.5 Å². The second kappa shape index (κ2) is 6.48. The van der Waals surface area contributed by atoms with Crippen molar-refractivity contribution < 1.29 is 4.79 Å². The summed E-state index contributed by atoms with van der Waals surface area (Å²) in [6, 6.07) is 14.6. The standard InChI is InChI=1S/C16H10Cl2N2OS/c17-12-7-6-11(8-13(12)18)15(21)20-16-19-9-14(22-16)10-4-2-1-3-5-10/h1-9H,(H,19,20,21). The molecule has 0 saturated heterocycles. The number of hydrogen-bond donors (Lipinski definition) is 1. The summed E-state index contributed by atoms with van der Waals surface area (Å²) >= 11 is 13.2.